The second-order valence-electron chi connectivity index (χ2n) is 10.3. The third kappa shape index (κ3) is 3.05. The number of hydrogen-bond donors (Lipinski definition) is 1. The van der Waals surface area contributed by atoms with Crippen molar-refractivity contribution in [1.29, 1.82) is 0 Å². The molecule has 164 valence electrons. The highest BCUT2D eigenvalue weighted by Crippen LogP contribution is 2.63. The van der Waals surface area contributed by atoms with E-state index in [9.17, 15) is 18.7 Å². The van der Waals surface area contributed by atoms with Gasteiger partial charge in [-0.25, -0.2) is 8.78 Å². The van der Waals surface area contributed by atoms with Crippen LogP contribution in [-0.4, -0.2) is 43.1 Å². The zero-order valence-electron chi connectivity index (χ0n) is 17.4. The summed E-state index contributed by atoms with van der Waals surface area (Å²) in [6.07, 6.45) is 6.66. The van der Waals surface area contributed by atoms with Gasteiger partial charge in [-0.3, -0.25) is 4.79 Å². The van der Waals surface area contributed by atoms with Gasteiger partial charge in [0.05, 0.1) is 0 Å². The summed E-state index contributed by atoms with van der Waals surface area (Å²) in [5.41, 5.74) is -0.807. The van der Waals surface area contributed by atoms with Gasteiger partial charge in [-0.1, -0.05) is 18.6 Å². The molecular formula is C22H30F2N4O2. The van der Waals surface area contributed by atoms with E-state index in [1.807, 2.05) is 0 Å². The first-order valence-electron chi connectivity index (χ1n) is 11.2. The molecule has 5 rings (SSSR count). The summed E-state index contributed by atoms with van der Waals surface area (Å²) in [5.74, 6) is 2.04. The van der Waals surface area contributed by atoms with Gasteiger partial charge in [0.15, 0.2) is 12.1 Å². The van der Waals surface area contributed by atoms with Crippen LogP contribution >= 0.6 is 0 Å². The average molecular weight is 421 g/mol. The molecule has 1 N–H and O–H groups in total. The molecule has 0 radical (unpaired) electrons. The van der Waals surface area contributed by atoms with E-state index in [4.69, 9.17) is 0 Å². The lowest BCUT2D eigenvalue weighted by Gasteiger charge is -2.54. The number of allylic oxidation sites excluding steroid dienone is 1. The molecule has 0 amide bonds. The van der Waals surface area contributed by atoms with Crippen LogP contribution in [0.2, 0.25) is 0 Å². The number of rotatable bonds is 4. The molecule has 4 aliphatic carbocycles. The molecule has 0 spiro atoms. The molecule has 0 unspecified atom stereocenters. The first-order valence-corrected chi connectivity index (χ1v) is 11.2. The number of nitrogens with zero attached hydrogens (tertiary/aromatic N) is 4. The molecule has 0 bridgehead atoms. The van der Waals surface area contributed by atoms with Gasteiger partial charge in [0.1, 0.15) is 12.1 Å². The van der Waals surface area contributed by atoms with Crippen molar-refractivity contribution in [3.63, 3.8) is 0 Å². The molecule has 4 aliphatic rings. The van der Waals surface area contributed by atoms with Crippen molar-refractivity contribution < 1.29 is 18.7 Å². The van der Waals surface area contributed by atoms with Crippen molar-refractivity contribution in [2.24, 2.45) is 35.0 Å². The third-order valence-corrected chi connectivity index (χ3v) is 9.02. The zero-order chi connectivity index (χ0) is 21.1. The predicted octanol–water partition coefficient (Wildman–Crippen LogP) is 3.43. The van der Waals surface area contributed by atoms with Crippen LogP contribution < -0.4 is 0 Å². The number of carbonyl (C=O) groups is 1. The average Bonchev–Trinajstić information content (AvgIpc) is 3.34. The van der Waals surface area contributed by atoms with Gasteiger partial charge in [0.2, 0.25) is 0 Å². The van der Waals surface area contributed by atoms with Crippen LogP contribution in [0.4, 0.5) is 8.78 Å². The van der Waals surface area contributed by atoms with Crippen molar-refractivity contribution in [3.8, 4) is 0 Å². The number of fused-ring (bicyclic) bond motifs is 5. The Labute approximate surface area is 175 Å². The van der Waals surface area contributed by atoms with Crippen molar-refractivity contribution in [2.75, 3.05) is 0 Å². The molecule has 0 saturated heterocycles. The quantitative estimate of drug-likeness (QED) is 0.755. The molecule has 6 nitrogen and oxygen atoms in total. The predicted molar refractivity (Wildman–Crippen MR) is 104 cm³/mol. The number of Topliss-reactive ketones (excluding diaryl/α,β-unsaturated/α-hetero) is 1. The van der Waals surface area contributed by atoms with E-state index in [-0.39, 0.29) is 36.5 Å². The van der Waals surface area contributed by atoms with Crippen molar-refractivity contribution in [2.45, 2.75) is 76.9 Å². The molecule has 3 saturated carbocycles. The molecule has 0 aliphatic heterocycles. The van der Waals surface area contributed by atoms with Crippen LogP contribution in [0.15, 0.2) is 18.0 Å². The summed E-state index contributed by atoms with van der Waals surface area (Å²) in [4.78, 5) is 14.4. The van der Waals surface area contributed by atoms with E-state index in [1.165, 1.54) is 11.1 Å². The fraction of sp³-hybridized carbons (Fsp3) is 0.818. The number of carbonyl (C=O) groups excluding carboxylic acids is 1. The SMILES string of the molecule is C[C@]12CC[C@H]3[C@@H](CC=C4C[C@@](O)(C(F)F)CC[C@@H]43)[C@@H]1CC[C@@H]2C(=O)Cn1ncnn1. The molecule has 0 aromatic carbocycles. The molecule has 8 heteroatoms. The number of aliphatic hydroxyl groups is 1. The number of halogens is 2. The van der Waals surface area contributed by atoms with Gasteiger partial charge < -0.3 is 5.11 Å². The van der Waals surface area contributed by atoms with Gasteiger partial charge in [-0.2, -0.15) is 4.80 Å². The Balaban J connectivity index is 1.34. The minimum atomic E-state index is -2.69. The van der Waals surface area contributed by atoms with Crippen molar-refractivity contribution >= 4 is 5.78 Å². The Hall–Kier alpha value is -1.70. The minimum absolute atomic E-state index is 0.0114. The van der Waals surface area contributed by atoms with Crippen LogP contribution in [0, 0.1) is 35.0 Å². The highest BCUT2D eigenvalue weighted by molar-refractivity contribution is 5.81. The largest absolute Gasteiger partial charge is 0.384 e. The number of ketones is 1. The summed E-state index contributed by atoms with van der Waals surface area (Å²) in [7, 11) is 0. The Morgan fingerprint density at radius 2 is 2.10 bits per heavy atom. The molecule has 3 fully saturated rings. The zero-order valence-corrected chi connectivity index (χ0v) is 17.4. The van der Waals surface area contributed by atoms with Crippen molar-refractivity contribution in [3.05, 3.63) is 18.0 Å². The topological polar surface area (TPSA) is 80.9 Å². The summed E-state index contributed by atoms with van der Waals surface area (Å²) in [6.45, 7) is 2.47. The van der Waals surface area contributed by atoms with Crippen LogP contribution in [0.25, 0.3) is 0 Å². The summed E-state index contributed by atoms with van der Waals surface area (Å²) < 4.78 is 26.7. The fourth-order valence-electron chi connectivity index (χ4n) is 7.55. The lowest BCUT2D eigenvalue weighted by atomic mass is 9.51. The smallest absolute Gasteiger partial charge is 0.267 e. The van der Waals surface area contributed by atoms with Gasteiger partial charge in [-0.15, -0.1) is 10.2 Å². The Morgan fingerprint density at radius 3 is 2.83 bits per heavy atom. The van der Waals surface area contributed by atoms with E-state index in [0.717, 1.165) is 37.7 Å². The highest BCUT2D eigenvalue weighted by atomic mass is 19.3. The highest BCUT2D eigenvalue weighted by Gasteiger charge is 2.58. The maximum atomic E-state index is 13.4. The lowest BCUT2D eigenvalue weighted by molar-refractivity contribution is -0.131. The van der Waals surface area contributed by atoms with Crippen molar-refractivity contribution in [1.82, 2.24) is 20.2 Å². The standard InChI is InChI=1S/C22H30F2N4O2/c1-21-8-6-15-14-7-9-22(30,20(23)24)10-13(14)2-3-16(15)17(21)4-5-18(21)19(29)11-28-26-12-25-27-28/h2,12,14-18,20,30H,3-11H2,1H3/t14-,15+,16+,17-,18+,21-,22+/m0/s1. The molecule has 1 aromatic rings. The maximum absolute atomic E-state index is 13.4. The second-order valence-corrected chi connectivity index (χ2v) is 10.3. The minimum Gasteiger partial charge on any atom is -0.384 e. The van der Waals surface area contributed by atoms with Gasteiger partial charge in [0, 0.05) is 12.3 Å². The lowest BCUT2D eigenvalue weighted by Crippen LogP contribution is -2.50. The first kappa shape index (κ1) is 20.2. The van der Waals surface area contributed by atoms with Gasteiger partial charge in [-0.05, 0) is 79.2 Å². The van der Waals surface area contributed by atoms with Gasteiger partial charge in [0.25, 0.3) is 6.43 Å². The molecule has 7 atom stereocenters. The molecule has 30 heavy (non-hydrogen) atoms. The van der Waals surface area contributed by atoms with Crippen LogP contribution in [0.5, 0.6) is 0 Å². The summed E-state index contributed by atoms with van der Waals surface area (Å²) in [5, 5.41) is 21.8. The number of hydrogen-bond acceptors (Lipinski definition) is 5. The van der Waals surface area contributed by atoms with E-state index in [1.54, 1.807) is 0 Å². The fourth-order valence-corrected chi connectivity index (χ4v) is 7.55. The monoisotopic (exact) mass is 420 g/mol. The Bertz CT molecular complexity index is 844. The number of aromatic nitrogens is 4. The van der Waals surface area contributed by atoms with E-state index in [0.29, 0.717) is 30.1 Å². The van der Waals surface area contributed by atoms with Crippen LogP contribution in [0.3, 0.4) is 0 Å². The summed E-state index contributed by atoms with van der Waals surface area (Å²) in [6, 6.07) is 0. The number of tetrazole rings is 1. The molecular weight excluding hydrogens is 390 g/mol. The Morgan fingerprint density at radius 1 is 1.27 bits per heavy atom. The second kappa shape index (κ2) is 7.18. The maximum Gasteiger partial charge on any atom is 0.267 e. The van der Waals surface area contributed by atoms with E-state index < -0.39 is 12.0 Å². The Kier molecular flexibility index (Phi) is 4.84. The van der Waals surface area contributed by atoms with Gasteiger partial charge >= 0.3 is 0 Å². The first-order chi connectivity index (χ1) is 14.3. The van der Waals surface area contributed by atoms with E-state index in [2.05, 4.69) is 28.4 Å². The third-order valence-electron chi connectivity index (χ3n) is 9.02. The molecule has 1 aromatic heterocycles. The molecule has 1 heterocycles. The van der Waals surface area contributed by atoms with Crippen LogP contribution in [-0.2, 0) is 11.3 Å². The summed E-state index contributed by atoms with van der Waals surface area (Å²) >= 11 is 0. The van der Waals surface area contributed by atoms with Crippen LogP contribution in [0.1, 0.15) is 58.3 Å². The number of alkyl halides is 2. The van der Waals surface area contributed by atoms with E-state index >= 15 is 0 Å². The normalized spacial score (nSPS) is 43.0.